The van der Waals surface area contributed by atoms with Gasteiger partial charge in [-0.05, 0) is 33.9 Å². The van der Waals surface area contributed by atoms with Gasteiger partial charge < -0.3 is 20.6 Å². The second kappa shape index (κ2) is 6.58. The summed E-state index contributed by atoms with van der Waals surface area (Å²) in [5.74, 6) is -1.26. The quantitative estimate of drug-likeness (QED) is 0.669. The molecule has 104 valence electrons. The number of nitrogens with one attached hydrogen (secondary N) is 2. The second-order valence-electron chi connectivity index (χ2n) is 5.26. The van der Waals surface area contributed by atoms with Gasteiger partial charge in [-0.25, -0.2) is 4.79 Å². The molecule has 18 heavy (non-hydrogen) atoms. The van der Waals surface area contributed by atoms with Crippen molar-refractivity contribution in [1.29, 1.82) is 0 Å². The number of nitrogens with zero attached hydrogens (tertiary/aromatic N) is 1. The smallest absolute Gasteiger partial charge is 0.315 e. The first-order valence-electron chi connectivity index (χ1n) is 6.34. The second-order valence-corrected chi connectivity index (χ2v) is 5.26. The molecule has 0 spiro atoms. The Bertz CT molecular complexity index is 307. The van der Waals surface area contributed by atoms with E-state index < -0.39 is 11.9 Å². The van der Waals surface area contributed by atoms with Crippen LogP contribution in [-0.4, -0.2) is 54.7 Å². The summed E-state index contributed by atoms with van der Waals surface area (Å²) < 4.78 is 0. The number of carbonyl (C=O) groups excluding carboxylic acids is 1. The van der Waals surface area contributed by atoms with Crippen molar-refractivity contribution in [2.75, 3.05) is 20.6 Å². The molecule has 1 saturated carbocycles. The Morgan fingerprint density at radius 3 is 2.61 bits per heavy atom. The standard InChI is InChI=1S/C12H23N3O3/c1-8(7-15(2)3)13-12(18)14-10-6-4-5-9(10)11(16)17/h8-10H,4-7H2,1-3H3,(H,16,17)(H2,13,14,18). The number of carbonyl (C=O) groups is 2. The molecule has 3 atom stereocenters. The molecule has 6 heteroatoms. The summed E-state index contributed by atoms with van der Waals surface area (Å²) >= 11 is 0. The van der Waals surface area contributed by atoms with Gasteiger partial charge in [-0.1, -0.05) is 6.42 Å². The minimum atomic E-state index is -0.820. The van der Waals surface area contributed by atoms with Crippen LogP contribution in [0.2, 0.25) is 0 Å². The summed E-state index contributed by atoms with van der Waals surface area (Å²) in [6.07, 6.45) is 2.25. The molecule has 3 unspecified atom stereocenters. The molecule has 1 rings (SSSR count). The van der Waals surface area contributed by atoms with E-state index in [0.29, 0.717) is 6.42 Å². The highest BCUT2D eigenvalue weighted by molar-refractivity contribution is 5.77. The van der Waals surface area contributed by atoms with Crippen molar-refractivity contribution in [3.8, 4) is 0 Å². The number of hydrogen-bond acceptors (Lipinski definition) is 3. The van der Waals surface area contributed by atoms with Crippen LogP contribution in [0.1, 0.15) is 26.2 Å². The third-order valence-electron chi connectivity index (χ3n) is 3.17. The summed E-state index contributed by atoms with van der Waals surface area (Å²) in [4.78, 5) is 24.7. The maximum Gasteiger partial charge on any atom is 0.315 e. The van der Waals surface area contributed by atoms with E-state index in [0.717, 1.165) is 19.4 Å². The van der Waals surface area contributed by atoms with E-state index >= 15 is 0 Å². The van der Waals surface area contributed by atoms with Crippen molar-refractivity contribution >= 4 is 12.0 Å². The van der Waals surface area contributed by atoms with Crippen LogP contribution in [0, 0.1) is 5.92 Å². The van der Waals surface area contributed by atoms with Crippen molar-refractivity contribution in [1.82, 2.24) is 15.5 Å². The number of hydrogen-bond donors (Lipinski definition) is 3. The maximum absolute atomic E-state index is 11.7. The third kappa shape index (κ3) is 4.52. The maximum atomic E-state index is 11.7. The predicted octanol–water partition coefficient (Wildman–Crippen LogP) is 0.489. The number of aliphatic carboxylic acids is 1. The SMILES string of the molecule is CC(CN(C)C)NC(=O)NC1CCCC1C(=O)O. The van der Waals surface area contributed by atoms with Crippen molar-refractivity contribution < 1.29 is 14.7 Å². The van der Waals surface area contributed by atoms with Crippen LogP contribution in [0.4, 0.5) is 4.79 Å². The number of urea groups is 1. The first kappa shape index (κ1) is 14.8. The van der Waals surface area contributed by atoms with Gasteiger partial charge >= 0.3 is 12.0 Å². The molecule has 0 aliphatic heterocycles. The molecule has 0 aromatic rings. The van der Waals surface area contributed by atoms with E-state index in [1.165, 1.54) is 0 Å². The Balaban J connectivity index is 2.37. The summed E-state index contributed by atoms with van der Waals surface area (Å²) in [5, 5.41) is 14.6. The van der Waals surface area contributed by atoms with E-state index in [1.54, 1.807) is 0 Å². The number of amides is 2. The van der Waals surface area contributed by atoms with Gasteiger partial charge in [0, 0.05) is 18.6 Å². The average Bonchev–Trinajstić information content (AvgIpc) is 2.63. The van der Waals surface area contributed by atoms with Crippen LogP contribution < -0.4 is 10.6 Å². The van der Waals surface area contributed by atoms with Gasteiger partial charge in [0.1, 0.15) is 0 Å². The molecule has 0 aromatic carbocycles. The summed E-state index contributed by atoms with van der Waals surface area (Å²) in [7, 11) is 3.88. The highest BCUT2D eigenvalue weighted by Crippen LogP contribution is 2.25. The van der Waals surface area contributed by atoms with Crippen LogP contribution in [0.25, 0.3) is 0 Å². The van der Waals surface area contributed by atoms with Crippen molar-refractivity contribution in [2.24, 2.45) is 5.92 Å². The van der Waals surface area contributed by atoms with Crippen LogP contribution >= 0.6 is 0 Å². The number of likely N-dealkylation sites (N-methyl/N-ethyl adjacent to an activating group) is 1. The molecule has 0 heterocycles. The van der Waals surface area contributed by atoms with E-state index in [4.69, 9.17) is 5.11 Å². The molecule has 6 nitrogen and oxygen atoms in total. The normalized spacial score (nSPS) is 24.9. The third-order valence-corrected chi connectivity index (χ3v) is 3.17. The molecule has 0 bridgehead atoms. The Morgan fingerprint density at radius 1 is 1.39 bits per heavy atom. The lowest BCUT2D eigenvalue weighted by molar-refractivity contribution is -0.142. The molecule has 1 fully saturated rings. The monoisotopic (exact) mass is 257 g/mol. The zero-order valence-electron chi connectivity index (χ0n) is 11.3. The molecular weight excluding hydrogens is 234 g/mol. The van der Waals surface area contributed by atoms with E-state index in [9.17, 15) is 9.59 Å². The topological polar surface area (TPSA) is 81.7 Å². The van der Waals surface area contributed by atoms with Crippen LogP contribution in [-0.2, 0) is 4.79 Å². The fraction of sp³-hybridized carbons (Fsp3) is 0.833. The lowest BCUT2D eigenvalue weighted by Gasteiger charge is -2.22. The fourth-order valence-corrected chi connectivity index (χ4v) is 2.46. The molecule has 0 radical (unpaired) electrons. The van der Waals surface area contributed by atoms with Crippen LogP contribution in [0.3, 0.4) is 0 Å². The van der Waals surface area contributed by atoms with Gasteiger partial charge in [0.15, 0.2) is 0 Å². The Hall–Kier alpha value is -1.30. The van der Waals surface area contributed by atoms with Crippen LogP contribution in [0.15, 0.2) is 0 Å². The minimum Gasteiger partial charge on any atom is -0.481 e. The Kier molecular flexibility index (Phi) is 5.40. The molecule has 1 aliphatic rings. The van der Waals surface area contributed by atoms with Crippen LogP contribution in [0.5, 0.6) is 0 Å². The summed E-state index contributed by atoms with van der Waals surface area (Å²) in [5.41, 5.74) is 0. The van der Waals surface area contributed by atoms with Gasteiger partial charge in [0.25, 0.3) is 0 Å². The number of carboxylic acid groups (broad SMARTS) is 1. The Labute approximate surface area is 108 Å². The molecule has 0 saturated heterocycles. The van der Waals surface area contributed by atoms with Gasteiger partial charge in [-0.2, -0.15) is 0 Å². The zero-order valence-corrected chi connectivity index (χ0v) is 11.3. The first-order chi connectivity index (χ1) is 8.40. The zero-order chi connectivity index (χ0) is 13.7. The molecule has 0 aromatic heterocycles. The lowest BCUT2D eigenvalue weighted by atomic mass is 10.0. The lowest BCUT2D eigenvalue weighted by Crippen LogP contribution is -2.49. The number of carboxylic acids is 1. The number of rotatable bonds is 5. The van der Waals surface area contributed by atoms with Crippen molar-refractivity contribution in [3.05, 3.63) is 0 Å². The van der Waals surface area contributed by atoms with E-state index in [-0.39, 0.29) is 18.1 Å². The van der Waals surface area contributed by atoms with Crippen molar-refractivity contribution in [3.63, 3.8) is 0 Å². The largest absolute Gasteiger partial charge is 0.481 e. The Morgan fingerprint density at radius 2 is 2.06 bits per heavy atom. The summed E-state index contributed by atoms with van der Waals surface area (Å²) in [6, 6.07) is -0.485. The minimum absolute atomic E-state index is 0.0321. The molecular formula is C12H23N3O3. The predicted molar refractivity (Wildman–Crippen MR) is 68.4 cm³/mol. The van der Waals surface area contributed by atoms with Gasteiger partial charge in [0.05, 0.1) is 5.92 Å². The van der Waals surface area contributed by atoms with Crippen molar-refractivity contribution in [2.45, 2.75) is 38.3 Å². The molecule has 2 amide bonds. The van der Waals surface area contributed by atoms with Gasteiger partial charge in [0.2, 0.25) is 0 Å². The van der Waals surface area contributed by atoms with E-state index in [2.05, 4.69) is 10.6 Å². The first-order valence-corrected chi connectivity index (χ1v) is 6.34. The highest BCUT2D eigenvalue weighted by Gasteiger charge is 2.33. The molecule has 3 N–H and O–H groups in total. The average molecular weight is 257 g/mol. The van der Waals surface area contributed by atoms with Gasteiger partial charge in [-0.3, -0.25) is 4.79 Å². The fourth-order valence-electron chi connectivity index (χ4n) is 2.46. The highest BCUT2D eigenvalue weighted by atomic mass is 16.4. The summed E-state index contributed by atoms with van der Waals surface area (Å²) in [6.45, 7) is 2.67. The van der Waals surface area contributed by atoms with E-state index in [1.807, 2.05) is 25.9 Å². The molecule has 1 aliphatic carbocycles. The van der Waals surface area contributed by atoms with Gasteiger partial charge in [-0.15, -0.1) is 0 Å².